The van der Waals surface area contributed by atoms with E-state index in [1.54, 1.807) is 0 Å². The van der Waals surface area contributed by atoms with Crippen molar-refractivity contribution >= 4 is 5.97 Å². The molecule has 0 radical (unpaired) electrons. The van der Waals surface area contributed by atoms with Crippen LogP contribution in [0.2, 0.25) is 0 Å². The van der Waals surface area contributed by atoms with Gasteiger partial charge in [-0.05, 0) is 27.7 Å². The van der Waals surface area contributed by atoms with E-state index in [9.17, 15) is 58.2 Å². The summed E-state index contributed by atoms with van der Waals surface area (Å²) in [6.07, 6.45) is -3.10. The zero-order valence-corrected chi connectivity index (χ0v) is 14.6. The fraction of sp³-hybridized carbons (Fsp3) is 0.929. The van der Waals surface area contributed by atoms with E-state index >= 15 is 0 Å². The maximum Gasteiger partial charge on any atom is 0.384 e. The van der Waals surface area contributed by atoms with Crippen LogP contribution in [0.1, 0.15) is 34.1 Å². The molecule has 14 heteroatoms. The van der Waals surface area contributed by atoms with Crippen molar-refractivity contribution in [1.82, 2.24) is 0 Å². The number of esters is 1. The Morgan fingerprint density at radius 2 is 1.00 bits per heavy atom. The highest BCUT2D eigenvalue weighted by atomic mass is 19.4. The highest BCUT2D eigenvalue weighted by molar-refractivity contribution is 5.79. The van der Waals surface area contributed by atoms with Gasteiger partial charge in [-0.1, -0.05) is 0 Å². The lowest BCUT2D eigenvalue weighted by Gasteiger charge is -2.53. The highest BCUT2D eigenvalue weighted by Crippen LogP contribution is 2.70. The number of ether oxygens (including phenoxy) is 1. The van der Waals surface area contributed by atoms with E-state index in [-0.39, 0.29) is 6.92 Å². The van der Waals surface area contributed by atoms with Crippen molar-refractivity contribution in [3.63, 3.8) is 0 Å². The molecule has 1 atom stereocenters. The van der Waals surface area contributed by atoms with Gasteiger partial charge in [-0.3, -0.25) is 0 Å². The van der Waals surface area contributed by atoms with Crippen LogP contribution in [0.3, 0.4) is 0 Å². The third-order valence-electron chi connectivity index (χ3n) is 4.00. The minimum atomic E-state index is -7.36. The van der Waals surface area contributed by atoms with Gasteiger partial charge < -0.3 is 9.84 Å². The molecule has 0 aromatic carbocycles. The largest absolute Gasteiger partial charge is 0.458 e. The summed E-state index contributed by atoms with van der Waals surface area (Å²) in [5, 5.41) is 9.74. The number of halogens is 11. The van der Waals surface area contributed by atoms with Gasteiger partial charge in [0.25, 0.3) is 5.67 Å². The molecule has 1 fully saturated rings. The number of aliphatic hydroxyl groups is 1. The molecular formula is C14H15F11O3. The maximum atomic E-state index is 14.6. The van der Waals surface area contributed by atoms with Gasteiger partial charge in [0.15, 0.2) is 5.60 Å². The summed E-state index contributed by atoms with van der Waals surface area (Å²) in [4.78, 5) is 11.7. The Morgan fingerprint density at radius 3 is 1.29 bits per heavy atom. The van der Waals surface area contributed by atoms with E-state index in [1.165, 1.54) is 0 Å². The first-order valence-electron chi connectivity index (χ1n) is 7.37. The second kappa shape index (κ2) is 5.85. The topological polar surface area (TPSA) is 46.5 Å². The van der Waals surface area contributed by atoms with Gasteiger partial charge in [-0.15, -0.1) is 0 Å². The fourth-order valence-electron chi connectivity index (χ4n) is 2.44. The molecule has 3 nitrogen and oxygen atoms in total. The smallest absolute Gasteiger partial charge is 0.384 e. The van der Waals surface area contributed by atoms with Gasteiger partial charge in [-0.25, -0.2) is 9.18 Å². The number of hydrogen-bond acceptors (Lipinski definition) is 3. The van der Waals surface area contributed by atoms with Gasteiger partial charge in [0.05, 0.1) is 0 Å². The Hall–Kier alpha value is -1.34. The summed E-state index contributed by atoms with van der Waals surface area (Å²) >= 11 is 0. The lowest BCUT2D eigenvalue weighted by atomic mass is 9.68. The predicted octanol–water partition coefficient (Wildman–Crippen LogP) is 4.37. The van der Waals surface area contributed by atoms with Crippen molar-refractivity contribution in [2.24, 2.45) is 0 Å². The Morgan fingerprint density at radius 1 is 0.714 bits per heavy atom. The molecular weight excluding hydrogens is 425 g/mol. The zero-order valence-electron chi connectivity index (χ0n) is 14.6. The summed E-state index contributed by atoms with van der Waals surface area (Å²) < 4.78 is 154. The van der Waals surface area contributed by atoms with E-state index in [2.05, 4.69) is 4.74 Å². The van der Waals surface area contributed by atoms with E-state index in [0.29, 0.717) is 0 Å². The van der Waals surface area contributed by atoms with Gasteiger partial charge in [-0.2, -0.15) is 43.9 Å². The molecule has 0 amide bonds. The molecule has 0 saturated heterocycles. The molecule has 166 valence electrons. The van der Waals surface area contributed by atoms with E-state index in [4.69, 9.17) is 0 Å². The van der Waals surface area contributed by atoms with E-state index in [1.807, 2.05) is 0 Å². The second-order valence-corrected chi connectivity index (χ2v) is 7.63. The fourth-order valence-corrected chi connectivity index (χ4v) is 2.44. The summed E-state index contributed by atoms with van der Waals surface area (Å²) in [5.74, 6) is -38.3. The molecule has 1 saturated carbocycles. The second-order valence-electron chi connectivity index (χ2n) is 7.63. The quantitative estimate of drug-likeness (QED) is 0.524. The van der Waals surface area contributed by atoms with Crippen LogP contribution in [0.25, 0.3) is 0 Å². The standard InChI is InChI=1S/C14H15F11O3/c1-7(2,3)28-6(26)8(4,27)5-9(15)10(16,17)12(20,21)14(24,25)13(22,23)11(9,18)19/h27H,5H2,1-4H3. The van der Waals surface area contributed by atoms with Crippen molar-refractivity contribution in [2.45, 2.75) is 80.6 Å². The van der Waals surface area contributed by atoms with Crippen molar-refractivity contribution in [2.75, 3.05) is 0 Å². The van der Waals surface area contributed by atoms with Crippen molar-refractivity contribution in [1.29, 1.82) is 0 Å². The first-order chi connectivity index (χ1) is 11.8. The van der Waals surface area contributed by atoms with E-state index in [0.717, 1.165) is 20.8 Å². The normalized spacial score (nSPS) is 28.9. The lowest BCUT2D eigenvalue weighted by Crippen LogP contribution is -2.84. The van der Waals surface area contributed by atoms with Crippen LogP contribution in [0, 0.1) is 0 Å². The third-order valence-corrected chi connectivity index (χ3v) is 4.00. The molecule has 1 aliphatic rings. The minimum Gasteiger partial charge on any atom is -0.458 e. The minimum absolute atomic E-state index is 0.0393. The summed E-state index contributed by atoms with van der Waals surface area (Å²) in [5.41, 5.74) is -11.8. The van der Waals surface area contributed by atoms with Gasteiger partial charge in [0.1, 0.15) is 5.60 Å². The number of rotatable bonds is 3. The molecule has 28 heavy (non-hydrogen) atoms. The Labute approximate surface area is 150 Å². The van der Waals surface area contributed by atoms with Gasteiger partial charge in [0, 0.05) is 6.42 Å². The average Bonchev–Trinajstić information content (AvgIpc) is 2.42. The molecule has 1 aliphatic carbocycles. The van der Waals surface area contributed by atoms with Gasteiger partial charge in [0.2, 0.25) is 0 Å². The van der Waals surface area contributed by atoms with Crippen molar-refractivity contribution in [3.8, 4) is 0 Å². The lowest BCUT2D eigenvalue weighted by molar-refractivity contribution is -0.487. The number of alkyl halides is 11. The third kappa shape index (κ3) is 2.84. The monoisotopic (exact) mass is 440 g/mol. The molecule has 1 unspecified atom stereocenters. The highest BCUT2D eigenvalue weighted by Gasteiger charge is 3.01. The molecule has 0 bridgehead atoms. The SMILES string of the molecule is CC(C)(C)OC(=O)C(C)(O)CC1(F)C(F)(F)C(F)(F)C(F)(F)C(F)(F)C1(F)F. The molecule has 0 aromatic heterocycles. The maximum absolute atomic E-state index is 14.6. The molecule has 0 aromatic rings. The number of carbonyl (C=O) groups is 1. The number of carbonyl (C=O) groups excluding carboxylic acids is 1. The van der Waals surface area contributed by atoms with Crippen LogP contribution in [-0.2, 0) is 9.53 Å². The van der Waals surface area contributed by atoms with Crippen LogP contribution in [-0.4, -0.2) is 57.6 Å². The number of hydrogen-bond donors (Lipinski definition) is 1. The van der Waals surface area contributed by atoms with E-state index < -0.39 is 58.9 Å². The summed E-state index contributed by atoms with van der Waals surface area (Å²) in [7, 11) is 0. The van der Waals surface area contributed by atoms with Crippen LogP contribution in [0.5, 0.6) is 0 Å². The zero-order chi connectivity index (χ0) is 23.0. The van der Waals surface area contributed by atoms with Crippen LogP contribution in [0.15, 0.2) is 0 Å². The molecule has 0 aliphatic heterocycles. The summed E-state index contributed by atoms with van der Waals surface area (Å²) in [6.45, 7) is 3.37. The van der Waals surface area contributed by atoms with Crippen LogP contribution < -0.4 is 0 Å². The van der Waals surface area contributed by atoms with Crippen LogP contribution in [0.4, 0.5) is 48.3 Å². The average molecular weight is 440 g/mol. The molecule has 1 rings (SSSR count). The Bertz CT molecular complexity index is 619. The first kappa shape index (κ1) is 24.7. The summed E-state index contributed by atoms with van der Waals surface area (Å²) in [6, 6.07) is 0. The Kier molecular flexibility index (Phi) is 5.16. The molecule has 1 N–H and O–H groups in total. The molecule has 0 spiro atoms. The first-order valence-corrected chi connectivity index (χ1v) is 7.37. The molecule has 0 heterocycles. The van der Waals surface area contributed by atoms with Crippen molar-refractivity contribution in [3.05, 3.63) is 0 Å². The predicted molar refractivity (Wildman–Crippen MR) is 69.7 cm³/mol. The van der Waals surface area contributed by atoms with Gasteiger partial charge >= 0.3 is 35.6 Å². The van der Waals surface area contributed by atoms with Crippen LogP contribution >= 0.6 is 0 Å². The Balaban J connectivity index is 3.64. The van der Waals surface area contributed by atoms with Crippen molar-refractivity contribution < 1.29 is 62.9 Å².